The number of benzene rings is 1. The van der Waals surface area contributed by atoms with Crippen molar-refractivity contribution >= 4 is 17.5 Å². The van der Waals surface area contributed by atoms with E-state index < -0.39 is 0 Å². The second kappa shape index (κ2) is 8.67. The lowest BCUT2D eigenvalue weighted by atomic mass is 9.75. The fourth-order valence-electron chi connectivity index (χ4n) is 4.45. The van der Waals surface area contributed by atoms with Gasteiger partial charge in [0, 0.05) is 12.2 Å². The molecule has 1 heterocycles. The lowest BCUT2D eigenvalue weighted by molar-refractivity contribution is -0.125. The smallest absolute Gasteiger partial charge is 0.243 e. The van der Waals surface area contributed by atoms with Gasteiger partial charge in [-0.05, 0) is 56.2 Å². The normalized spacial score (nSPS) is 23.2. The third-order valence-corrected chi connectivity index (χ3v) is 5.93. The Balaban J connectivity index is 1.42. The van der Waals surface area contributed by atoms with Crippen LogP contribution in [0.3, 0.4) is 0 Å². The lowest BCUT2D eigenvalue weighted by Gasteiger charge is -2.41. The monoisotopic (exact) mass is 357 g/mol. The highest BCUT2D eigenvalue weighted by Gasteiger charge is 2.31. The number of amides is 2. The highest BCUT2D eigenvalue weighted by atomic mass is 16.2. The van der Waals surface area contributed by atoms with Gasteiger partial charge in [-0.1, -0.05) is 37.5 Å². The quantitative estimate of drug-likeness (QED) is 0.852. The Kier molecular flexibility index (Phi) is 6.30. The Morgan fingerprint density at radius 1 is 1.04 bits per heavy atom. The lowest BCUT2D eigenvalue weighted by Crippen LogP contribution is -2.47. The summed E-state index contributed by atoms with van der Waals surface area (Å²) in [6, 6.07) is 5.91. The van der Waals surface area contributed by atoms with Gasteiger partial charge in [-0.3, -0.25) is 14.5 Å². The number of carbonyl (C=O) groups excluding carboxylic acids is 2. The molecule has 0 aromatic heterocycles. The molecule has 2 aliphatic rings. The van der Waals surface area contributed by atoms with Crippen molar-refractivity contribution in [1.29, 1.82) is 0 Å². The van der Waals surface area contributed by atoms with E-state index in [1.54, 1.807) is 0 Å². The summed E-state index contributed by atoms with van der Waals surface area (Å²) in [6.07, 6.45) is 6.59. The number of para-hydroxylation sites is 1. The molecule has 1 aromatic carbocycles. The summed E-state index contributed by atoms with van der Waals surface area (Å²) in [5, 5.41) is 5.68. The molecule has 3 rings (SSSR count). The standard InChI is InChI=1S/C21H31N3O2/c1-15-6-5-7-16(2)21(15)23-19(25)12-22-20(26)14-24-11-10-17-8-3-4-9-18(17)13-24/h5-7,17-18H,3-4,8-14H2,1-2H3,(H,22,26)(H,23,25)/t17-,18-/m0/s1. The average molecular weight is 357 g/mol. The van der Waals surface area contributed by atoms with Crippen LogP contribution in [-0.4, -0.2) is 42.9 Å². The molecule has 1 aliphatic heterocycles. The van der Waals surface area contributed by atoms with Crippen LogP contribution in [-0.2, 0) is 9.59 Å². The number of likely N-dealkylation sites (tertiary alicyclic amines) is 1. The third kappa shape index (κ3) is 4.85. The molecule has 0 spiro atoms. The van der Waals surface area contributed by atoms with Crippen LogP contribution in [0.2, 0.25) is 0 Å². The average Bonchev–Trinajstić information content (AvgIpc) is 2.63. The van der Waals surface area contributed by atoms with E-state index in [1.165, 1.54) is 32.1 Å². The van der Waals surface area contributed by atoms with Gasteiger partial charge in [0.1, 0.15) is 0 Å². The topological polar surface area (TPSA) is 61.4 Å². The highest BCUT2D eigenvalue weighted by Crippen LogP contribution is 2.35. The van der Waals surface area contributed by atoms with Crippen LogP contribution in [0.4, 0.5) is 5.69 Å². The first-order valence-corrected chi connectivity index (χ1v) is 9.88. The van der Waals surface area contributed by atoms with Gasteiger partial charge in [0.2, 0.25) is 11.8 Å². The first-order chi connectivity index (χ1) is 12.5. The van der Waals surface area contributed by atoms with Crippen LogP contribution >= 0.6 is 0 Å². The number of nitrogens with one attached hydrogen (secondary N) is 2. The number of piperidine rings is 1. The maximum Gasteiger partial charge on any atom is 0.243 e. The highest BCUT2D eigenvalue weighted by molar-refractivity contribution is 5.95. The molecule has 1 aliphatic carbocycles. The number of hydrogen-bond acceptors (Lipinski definition) is 3. The summed E-state index contributed by atoms with van der Waals surface area (Å²) in [7, 11) is 0. The second-order valence-electron chi connectivity index (χ2n) is 7.92. The summed E-state index contributed by atoms with van der Waals surface area (Å²) in [5.41, 5.74) is 2.89. The molecule has 142 valence electrons. The number of nitrogens with zero attached hydrogens (tertiary/aromatic N) is 1. The zero-order valence-electron chi connectivity index (χ0n) is 16.0. The number of fused-ring (bicyclic) bond motifs is 1. The second-order valence-corrected chi connectivity index (χ2v) is 7.92. The number of hydrogen-bond donors (Lipinski definition) is 2. The van der Waals surface area contributed by atoms with E-state index in [2.05, 4.69) is 15.5 Å². The number of aryl methyl sites for hydroxylation is 2. The Bertz CT molecular complexity index is 638. The molecule has 0 bridgehead atoms. The van der Waals surface area contributed by atoms with Crippen LogP contribution in [0.15, 0.2) is 18.2 Å². The van der Waals surface area contributed by atoms with Gasteiger partial charge in [-0.2, -0.15) is 0 Å². The summed E-state index contributed by atoms with van der Waals surface area (Å²) in [6.45, 7) is 6.40. The molecule has 1 saturated heterocycles. The maximum absolute atomic E-state index is 12.2. The Hall–Kier alpha value is -1.88. The molecule has 2 N–H and O–H groups in total. The van der Waals surface area contributed by atoms with Crippen LogP contribution in [0.5, 0.6) is 0 Å². The minimum absolute atomic E-state index is 0.0203. The maximum atomic E-state index is 12.2. The van der Waals surface area contributed by atoms with Crippen molar-refractivity contribution in [2.45, 2.75) is 46.0 Å². The van der Waals surface area contributed by atoms with Gasteiger partial charge < -0.3 is 10.6 Å². The van der Waals surface area contributed by atoms with E-state index in [-0.39, 0.29) is 18.4 Å². The van der Waals surface area contributed by atoms with Crippen molar-refractivity contribution in [1.82, 2.24) is 10.2 Å². The van der Waals surface area contributed by atoms with Gasteiger partial charge >= 0.3 is 0 Å². The van der Waals surface area contributed by atoms with Crippen molar-refractivity contribution < 1.29 is 9.59 Å². The summed E-state index contributed by atoms with van der Waals surface area (Å²) in [5.74, 6) is 1.39. The van der Waals surface area contributed by atoms with Gasteiger partial charge in [0.25, 0.3) is 0 Å². The molecule has 5 heteroatoms. The van der Waals surface area contributed by atoms with Crippen LogP contribution in [0.1, 0.15) is 43.2 Å². The van der Waals surface area contributed by atoms with Crippen LogP contribution in [0, 0.1) is 25.7 Å². The molecule has 0 radical (unpaired) electrons. The van der Waals surface area contributed by atoms with Crippen molar-refractivity contribution in [3.05, 3.63) is 29.3 Å². The molecule has 2 amide bonds. The predicted molar refractivity (Wildman–Crippen MR) is 104 cm³/mol. The summed E-state index contributed by atoms with van der Waals surface area (Å²) in [4.78, 5) is 26.6. The van der Waals surface area contributed by atoms with E-state index in [0.29, 0.717) is 6.54 Å². The van der Waals surface area contributed by atoms with Gasteiger partial charge in [-0.25, -0.2) is 0 Å². The molecule has 2 fully saturated rings. The molecule has 26 heavy (non-hydrogen) atoms. The first kappa shape index (κ1) is 18.9. The van der Waals surface area contributed by atoms with Crippen molar-refractivity contribution in [2.24, 2.45) is 11.8 Å². The van der Waals surface area contributed by atoms with Crippen molar-refractivity contribution in [3.8, 4) is 0 Å². The SMILES string of the molecule is Cc1cccc(C)c1NC(=O)CNC(=O)CN1CC[C@@H]2CCCC[C@H]2C1. The van der Waals surface area contributed by atoms with Gasteiger partial charge in [0.15, 0.2) is 0 Å². The minimum atomic E-state index is -0.179. The number of rotatable bonds is 5. The predicted octanol–water partition coefficient (Wildman–Crippen LogP) is 2.87. The van der Waals surface area contributed by atoms with E-state index in [0.717, 1.165) is 41.7 Å². The molecule has 2 atom stereocenters. The third-order valence-electron chi connectivity index (χ3n) is 5.93. The zero-order chi connectivity index (χ0) is 18.5. The minimum Gasteiger partial charge on any atom is -0.346 e. The van der Waals surface area contributed by atoms with Gasteiger partial charge in [-0.15, -0.1) is 0 Å². The fraction of sp³-hybridized carbons (Fsp3) is 0.619. The van der Waals surface area contributed by atoms with E-state index in [4.69, 9.17) is 0 Å². The fourth-order valence-corrected chi connectivity index (χ4v) is 4.45. The van der Waals surface area contributed by atoms with Crippen molar-refractivity contribution in [2.75, 3.05) is 31.5 Å². The van der Waals surface area contributed by atoms with E-state index in [1.807, 2.05) is 32.0 Å². The van der Waals surface area contributed by atoms with Crippen molar-refractivity contribution in [3.63, 3.8) is 0 Å². The van der Waals surface area contributed by atoms with E-state index in [9.17, 15) is 9.59 Å². The van der Waals surface area contributed by atoms with E-state index >= 15 is 0 Å². The number of anilines is 1. The molecule has 1 saturated carbocycles. The van der Waals surface area contributed by atoms with Crippen LogP contribution in [0.25, 0.3) is 0 Å². The number of carbonyl (C=O) groups is 2. The molecular formula is C21H31N3O2. The van der Waals surface area contributed by atoms with Gasteiger partial charge in [0.05, 0.1) is 13.1 Å². The largest absolute Gasteiger partial charge is 0.346 e. The first-order valence-electron chi connectivity index (χ1n) is 9.88. The summed E-state index contributed by atoms with van der Waals surface area (Å²) >= 11 is 0. The molecule has 0 unspecified atom stereocenters. The Morgan fingerprint density at radius 3 is 2.46 bits per heavy atom. The zero-order valence-corrected chi connectivity index (χ0v) is 16.0. The molecular weight excluding hydrogens is 326 g/mol. The molecule has 1 aromatic rings. The Labute approximate surface area is 156 Å². The van der Waals surface area contributed by atoms with Crippen LogP contribution < -0.4 is 10.6 Å². The summed E-state index contributed by atoms with van der Waals surface area (Å²) < 4.78 is 0. The Morgan fingerprint density at radius 2 is 1.73 bits per heavy atom. The molecule has 5 nitrogen and oxygen atoms in total.